The first-order chi connectivity index (χ1) is 55.3. The number of piperidine rings is 4. The van der Waals surface area contributed by atoms with Crippen molar-refractivity contribution in [3.8, 4) is 0 Å². The van der Waals surface area contributed by atoms with Crippen LogP contribution in [0, 0.1) is 29.5 Å². The van der Waals surface area contributed by atoms with Gasteiger partial charge in [-0.25, -0.2) is 4.39 Å². The molecular weight excluding hydrogens is 1670 g/mol. The van der Waals surface area contributed by atoms with Gasteiger partial charge in [0.2, 0.25) is 0 Å². The highest BCUT2D eigenvalue weighted by Crippen LogP contribution is 2.43. The van der Waals surface area contributed by atoms with Gasteiger partial charge in [-0.3, -0.25) is 29.0 Å². The molecule has 15 nitrogen and oxygen atoms in total. The van der Waals surface area contributed by atoms with Crippen LogP contribution in [0.5, 0.6) is 0 Å². The summed E-state index contributed by atoms with van der Waals surface area (Å²) in [6, 6.07) is 35.0. The number of hydrogen-bond acceptors (Lipinski definition) is 15. The van der Waals surface area contributed by atoms with Gasteiger partial charge in [-0.15, -0.1) is 0 Å². The number of hydrogen-bond donors (Lipinski definition) is 2. The van der Waals surface area contributed by atoms with Crippen molar-refractivity contribution in [2.45, 2.75) is 142 Å². The molecule has 6 fully saturated rings. The molecule has 116 heavy (non-hydrogen) atoms. The fourth-order valence-electron chi connectivity index (χ4n) is 14.9. The molecule has 0 radical (unpaired) electrons. The number of nitrogens with zero attached hydrogens (tertiary/aromatic N) is 5. The van der Waals surface area contributed by atoms with Crippen LogP contribution in [0.3, 0.4) is 0 Å². The Bertz CT molecular complexity index is 4060. The Hall–Kier alpha value is -7.77. The third kappa shape index (κ3) is 29.0. The van der Waals surface area contributed by atoms with E-state index in [2.05, 4.69) is 107 Å². The van der Waals surface area contributed by atoms with E-state index in [1.54, 1.807) is 32.9 Å². The summed E-state index contributed by atoms with van der Waals surface area (Å²) in [5, 5.41) is 6.48. The molecule has 13 rings (SSSR count). The Kier molecular flexibility index (Phi) is 36.7. The SMILES string of the molecule is C1=CCN(Cc2ccccc2)C1.CCOC(=O)C1CCN(c2cc(C(F)(F)F)ccc2Br)CC1.CCOC(=O)C1CCN(c2cc(C(F)(F)F)ccc2C2CCN(Cc3ccccc3)C2)CC1.CCOC(=O)C1CCN(c2cc(C(F)(F)F)ccc2C2CCNC2)CC1.CCOC(=O)C1CCNCC1.Fc1cc(C(F)(F)F)ccc1Br. The molecule has 2 atom stereocenters. The van der Waals surface area contributed by atoms with Crippen molar-refractivity contribution >= 4 is 72.8 Å². The monoisotopic (exact) mass is 1770 g/mol. The van der Waals surface area contributed by atoms with E-state index in [0.717, 1.165) is 127 Å². The van der Waals surface area contributed by atoms with E-state index in [1.165, 1.54) is 41.5 Å². The van der Waals surface area contributed by atoms with Crippen molar-refractivity contribution < 1.29 is 95.2 Å². The van der Waals surface area contributed by atoms with Crippen molar-refractivity contribution in [3.63, 3.8) is 0 Å². The van der Waals surface area contributed by atoms with Gasteiger partial charge in [-0.2, -0.15) is 52.7 Å². The number of ether oxygens (including phenoxy) is 4. The number of nitrogens with one attached hydrogen (secondary N) is 2. The van der Waals surface area contributed by atoms with Crippen LogP contribution in [0.4, 0.5) is 74.1 Å². The summed E-state index contributed by atoms with van der Waals surface area (Å²) >= 11 is 6.05. The normalized spacial score (nSPS) is 18.7. The van der Waals surface area contributed by atoms with Gasteiger partial charge in [0, 0.05) is 94.4 Å². The van der Waals surface area contributed by atoms with Gasteiger partial charge < -0.3 is 44.3 Å². The highest BCUT2D eigenvalue weighted by atomic mass is 79.9. The lowest BCUT2D eigenvalue weighted by Gasteiger charge is -2.35. The summed E-state index contributed by atoms with van der Waals surface area (Å²) < 4.78 is 188. The second-order valence-corrected chi connectivity index (χ2v) is 30.9. The Morgan fingerprint density at radius 2 is 0.733 bits per heavy atom. The second-order valence-electron chi connectivity index (χ2n) is 29.2. The van der Waals surface area contributed by atoms with Crippen LogP contribution in [-0.2, 0) is 75.9 Å². The quantitative estimate of drug-likeness (QED) is 0.0386. The fourth-order valence-corrected chi connectivity index (χ4v) is 15.7. The van der Waals surface area contributed by atoms with Crippen molar-refractivity contribution in [2.24, 2.45) is 23.7 Å². The molecule has 2 N–H and O–H groups in total. The number of anilines is 3. The van der Waals surface area contributed by atoms with E-state index >= 15 is 0 Å². The molecule has 0 aliphatic carbocycles. The Morgan fingerprint density at radius 1 is 0.388 bits per heavy atom. The van der Waals surface area contributed by atoms with E-state index in [-0.39, 0.29) is 63.9 Å². The number of alkyl halides is 12. The highest BCUT2D eigenvalue weighted by Gasteiger charge is 2.39. The lowest BCUT2D eigenvalue weighted by atomic mass is 9.91. The predicted molar refractivity (Wildman–Crippen MR) is 428 cm³/mol. The zero-order valence-electron chi connectivity index (χ0n) is 65.7. The van der Waals surface area contributed by atoms with Crippen molar-refractivity contribution in [1.82, 2.24) is 20.4 Å². The number of esters is 4. The summed E-state index contributed by atoms with van der Waals surface area (Å²) in [4.78, 5) is 57.5. The Balaban J connectivity index is 0.000000182. The predicted octanol–water partition coefficient (Wildman–Crippen LogP) is 19.5. The molecule has 6 saturated heterocycles. The van der Waals surface area contributed by atoms with Gasteiger partial charge in [0.25, 0.3) is 0 Å². The van der Waals surface area contributed by atoms with Gasteiger partial charge in [-0.05, 0) is 245 Å². The maximum absolute atomic E-state index is 13.5. The molecule has 0 aromatic heterocycles. The lowest BCUT2D eigenvalue weighted by Crippen LogP contribution is -2.37. The number of rotatable bonds is 17. The van der Waals surface area contributed by atoms with E-state index < -0.39 is 52.8 Å². The van der Waals surface area contributed by atoms with Crippen LogP contribution in [0.15, 0.2) is 155 Å². The van der Waals surface area contributed by atoms with Gasteiger partial charge in [-0.1, -0.05) is 84.9 Å². The molecule has 6 aromatic rings. The number of halogens is 15. The van der Waals surface area contributed by atoms with Crippen molar-refractivity contribution in [3.05, 3.63) is 205 Å². The molecule has 0 saturated carbocycles. The molecular formula is C86H104Br2F13N7O8. The molecule has 0 amide bonds. The standard InChI is InChI=1S/C26H31F3N2O2.C19H25F3N2O2.C15H17BrF3NO2.C11H13N.C8H15NO2.C7H3BrF4/c1-2-33-25(32)20-11-14-31(15-12-20)24-16-22(26(27,28)29)8-9-23(24)21-10-13-30(18-21)17-19-6-4-3-5-7-19;1-2-26-18(25)13-6-9-24(10-7-13)17-11-15(19(20,21)22)3-4-16(17)14-5-8-23-12-14;1-2-22-14(21)10-5-7-20(8-6-10)13-9-11(15(17,18)19)3-4-12(13)16;1-2-6-11(7-3-1)10-12-8-4-5-9-12;1-2-11-8(10)7-3-5-9-6-4-7;8-5-2-1-4(3-6(5)9)7(10,11)12/h3-9,16,20-21H,2,10-15,17-18H2,1H3;3-4,11,13-14,23H,2,5-10,12H2,1H3;3-4,9-10H,2,5-8H2,1H3;1-7H,8-10H2;7,9H,2-6H2,1H3;1-3H. The number of carbonyl (C=O) groups is 4. The van der Waals surface area contributed by atoms with E-state index in [9.17, 15) is 76.3 Å². The zero-order valence-corrected chi connectivity index (χ0v) is 68.9. The first-order valence-electron chi connectivity index (χ1n) is 39.6. The van der Waals surface area contributed by atoms with Crippen LogP contribution in [-0.4, -0.2) is 152 Å². The lowest BCUT2D eigenvalue weighted by molar-refractivity contribution is -0.149. The zero-order chi connectivity index (χ0) is 84.2. The van der Waals surface area contributed by atoms with E-state index in [4.69, 9.17) is 18.9 Å². The van der Waals surface area contributed by atoms with Crippen LogP contribution < -0.4 is 25.3 Å². The topological polar surface area (TPSA) is 145 Å². The van der Waals surface area contributed by atoms with Gasteiger partial charge in [0.05, 0.1) is 82.5 Å². The Morgan fingerprint density at radius 3 is 1.11 bits per heavy atom. The molecule has 7 aliphatic rings. The van der Waals surface area contributed by atoms with Crippen molar-refractivity contribution in [2.75, 3.05) is 133 Å². The first-order valence-corrected chi connectivity index (χ1v) is 41.2. The summed E-state index contributed by atoms with van der Waals surface area (Å²) in [5.74, 6) is -1.48. The van der Waals surface area contributed by atoms with Crippen LogP contribution >= 0.6 is 31.9 Å². The van der Waals surface area contributed by atoms with Crippen LogP contribution in [0.2, 0.25) is 0 Å². The Labute approximate surface area is 687 Å². The minimum absolute atomic E-state index is 0.0194. The fraction of sp³-hybridized carbons (Fsp3) is 0.512. The third-order valence-corrected chi connectivity index (χ3v) is 22.5. The maximum Gasteiger partial charge on any atom is 0.416 e. The average Bonchev–Trinajstić information content (AvgIpc) is 1.34. The summed E-state index contributed by atoms with van der Waals surface area (Å²) in [6.07, 6.45) is -5.85. The molecule has 0 spiro atoms. The largest absolute Gasteiger partial charge is 0.466 e. The maximum atomic E-state index is 13.5. The second kappa shape index (κ2) is 45.4. The molecule has 6 aromatic carbocycles. The van der Waals surface area contributed by atoms with E-state index in [0.29, 0.717) is 132 Å². The number of benzene rings is 6. The van der Waals surface area contributed by atoms with Crippen LogP contribution in [0.1, 0.15) is 148 Å². The van der Waals surface area contributed by atoms with Gasteiger partial charge >= 0.3 is 48.6 Å². The van der Waals surface area contributed by atoms with Crippen LogP contribution in [0.25, 0.3) is 0 Å². The summed E-state index contributed by atoms with van der Waals surface area (Å²) in [6.45, 7) is 21.5. The molecule has 636 valence electrons. The minimum atomic E-state index is -4.48. The summed E-state index contributed by atoms with van der Waals surface area (Å²) in [5.41, 5.74) is 3.55. The first kappa shape index (κ1) is 93.7. The highest BCUT2D eigenvalue weighted by molar-refractivity contribution is 9.10. The molecule has 7 aliphatic heterocycles. The number of likely N-dealkylation sites (tertiary alicyclic amines) is 1. The van der Waals surface area contributed by atoms with Crippen molar-refractivity contribution in [1.29, 1.82) is 0 Å². The van der Waals surface area contributed by atoms with Gasteiger partial charge in [0.1, 0.15) is 5.82 Å². The number of carbonyl (C=O) groups excluding carboxylic acids is 4. The minimum Gasteiger partial charge on any atom is -0.466 e. The summed E-state index contributed by atoms with van der Waals surface area (Å²) in [7, 11) is 0. The molecule has 7 heterocycles. The van der Waals surface area contributed by atoms with E-state index in [1.807, 2.05) is 39.8 Å². The molecule has 0 bridgehead atoms. The van der Waals surface area contributed by atoms with Gasteiger partial charge in [0.15, 0.2) is 0 Å². The molecule has 2 unspecified atom stereocenters. The third-order valence-electron chi connectivity index (χ3n) is 21.2. The molecule has 30 heteroatoms. The smallest absolute Gasteiger partial charge is 0.416 e. The average molecular weight is 1770 g/mol.